The monoisotopic (exact) mass is 222 g/mol. The molecular formula is C13H15FO2. The molecule has 2 rings (SSSR count). The lowest BCUT2D eigenvalue weighted by Crippen LogP contribution is -2.05. The van der Waals surface area contributed by atoms with E-state index in [0.717, 1.165) is 11.1 Å². The Morgan fingerprint density at radius 1 is 1.38 bits per heavy atom. The lowest BCUT2D eigenvalue weighted by molar-refractivity contribution is -0.136. The summed E-state index contributed by atoms with van der Waals surface area (Å²) < 4.78 is 13.5. The maximum Gasteiger partial charge on any atom is 0.303 e. The number of aryl methyl sites for hydroxylation is 1. The zero-order chi connectivity index (χ0) is 11.6. The average Bonchev–Trinajstić information content (AvgIpc) is 2.93. The van der Waals surface area contributed by atoms with Gasteiger partial charge in [0.05, 0.1) is 0 Å². The highest BCUT2D eigenvalue weighted by Gasteiger charge is 2.42. The summed E-state index contributed by atoms with van der Waals surface area (Å²) in [6.45, 7) is 0. The number of carbonyl (C=O) groups is 1. The Kier molecular flexibility index (Phi) is 2.95. The maximum absolute atomic E-state index is 13.5. The van der Waals surface area contributed by atoms with Gasteiger partial charge in [-0.15, -0.1) is 0 Å². The molecule has 0 radical (unpaired) electrons. The molecule has 0 aliphatic heterocycles. The standard InChI is InChI=1S/C13H15FO2/c14-13(6-7-13)9-11-3-1-2-10(8-11)4-5-12(15)16/h1-3,8H,4-7,9H2,(H,15,16). The minimum Gasteiger partial charge on any atom is -0.481 e. The average molecular weight is 222 g/mol. The number of halogens is 1. The lowest BCUT2D eigenvalue weighted by Gasteiger charge is -2.06. The SMILES string of the molecule is O=C(O)CCc1cccc(CC2(F)CC2)c1. The van der Waals surface area contributed by atoms with E-state index in [1.54, 1.807) is 0 Å². The molecule has 1 saturated carbocycles. The topological polar surface area (TPSA) is 37.3 Å². The molecule has 0 atom stereocenters. The molecule has 3 heteroatoms. The molecule has 86 valence electrons. The van der Waals surface area contributed by atoms with E-state index in [9.17, 15) is 9.18 Å². The minimum absolute atomic E-state index is 0.129. The van der Waals surface area contributed by atoms with Gasteiger partial charge < -0.3 is 5.11 Å². The first-order valence-electron chi connectivity index (χ1n) is 5.56. The molecule has 0 amide bonds. The van der Waals surface area contributed by atoms with Crippen molar-refractivity contribution in [2.24, 2.45) is 0 Å². The predicted octanol–water partition coefficient (Wildman–Crippen LogP) is 2.75. The van der Waals surface area contributed by atoms with E-state index in [4.69, 9.17) is 5.11 Å². The van der Waals surface area contributed by atoms with E-state index in [2.05, 4.69) is 0 Å². The number of hydrogen-bond acceptors (Lipinski definition) is 1. The normalized spacial score (nSPS) is 17.1. The number of aliphatic carboxylic acids is 1. The van der Waals surface area contributed by atoms with E-state index < -0.39 is 11.6 Å². The fourth-order valence-corrected chi connectivity index (χ4v) is 1.82. The summed E-state index contributed by atoms with van der Waals surface area (Å²) in [6.07, 6.45) is 2.43. The first kappa shape index (κ1) is 11.1. The maximum atomic E-state index is 13.5. The summed E-state index contributed by atoms with van der Waals surface area (Å²) in [5.41, 5.74) is 0.970. The zero-order valence-electron chi connectivity index (χ0n) is 9.08. The van der Waals surface area contributed by atoms with Crippen molar-refractivity contribution in [1.82, 2.24) is 0 Å². The Labute approximate surface area is 94.1 Å². The van der Waals surface area contributed by atoms with Crippen LogP contribution in [0, 0.1) is 0 Å². The van der Waals surface area contributed by atoms with Crippen LogP contribution in [0.3, 0.4) is 0 Å². The lowest BCUT2D eigenvalue weighted by atomic mass is 10.0. The van der Waals surface area contributed by atoms with Crippen LogP contribution < -0.4 is 0 Å². The van der Waals surface area contributed by atoms with Crippen LogP contribution in [0.5, 0.6) is 0 Å². The van der Waals surface area contributed by atoms with Crippen LogP contribution in [-0.4, -0.2) is 16.7 Å². The minimum atomic E-state index is -0.981. The number of alkyl halides is 1. The van der Waals surface area contributed by atoms with Gasteiger partial charge in [0.15, 0.2) is 0 Å². The molecule has 0 unspecified atom stereocenters. The van der Waals surface area contributed by atoms with Gasteiger partial charge in [0.2, 0.25) is 0 Å². The number of carboxylic acid groups (broad SMARTS) is 1. The van der Waals surface area contributed by atoms with Crippen molar-refractivity contribution in [3.8, 4) is 0 Å². The van der Waals surface area contributed by atoms with Gasteiger partial charge in [-0.3, -0.25) is 4.79 Å². The van der Waals surface area contributed by atoms with E-state index in [1.807, 2.05) is 24.3 Å². The first-order valence-corrected chi connectivity index (χ1v) is 5.56. The van der Waals surface area contributed by atoms with Gasteiger partial charge in [-0.25, -0.2) is 4.39 Å². The van der Waals surface area contributed by atoms with Gasteiger partial charge in [0.1, 0.15) is 5.67 Å². The van der Waals surface area contributed by atoms with Crippen LogP contribution in [0.15, 0.2) is 24.3 Å². The van der Waals surface area contributed by atoms with Crippen molar-refractivity contribution in [3.05, 3.63) is 35.4 Å². The van der Waals surface area contributed by atoms with Crippen molar-refractivity contribution in [2.45, 2.75) is 37.8 Å². The largest absolute Gasteiger partial charge is 0.481 e. The van der Waals surface area contributed by atoms with Crippen LogP contribution >= 0.6 is 0 Å². The third-order valence-corrected chi connectivity index (χ3v) is 2.93. The number of carboxylic acids is 1. The van der Waals surface area contributed by atoms with Crippen LogP contribution in [-0.2, 0) is 17.6 Å². The quantitative estimate of drug-likeness (QED) is 0.831. The molecule has 16 heavy (non-hydrogen) atoms. The molecule has 2 nitrogen and oxygen atoms in total. The molecule has 1 aliphatic carbocycles. The van der Waals surface area contributed by atoms with E-state index >= 15 is 0 Å². The van der Waals surface area contributed by atoms with E-state index in [-0.39, 0.29) is 6.42 Å². The zero-order valence-corrected chi connectivity index (χ0v) is 9.08. The van der Waals surface area contributed by atoms with Crippen molar-refractivity contribution in [3.63, 3.8) is 0 Å². The Morgan fingerprint density at radius 3 is 2.69 bits per heavy atom. The molecule has 1 aromatic rings. The fraction of sp³-hybridized carbons (Fsp3) is 0.462. The molecule has 0 heterocycles. The summed E-state index contributed by atoms with van der Waals surface area (Å²) in [6, 6.07) is 7.59. The highest BCUT2D eigenvalue weighted by atomic mass is 19.1. The molecule has 1 aromatic carbocycles. The number of hydrogen-bond donors (Lipinski definition) is 1. The third kappa shape index (κ3) is 3.05. The van der Waals surface area contributed by atoms with Gasteiger partial charge in [0, 0.05) is 12.8 Å². The van der Waals surface area contributed by atoms with Gasteiger partial charge in [0.25, 0.3) is 0 Å². The van der Waals surface area contributed by atoms with Crippen molar-refractivity contribution in [2.75, 3.05) is 0 Å². The highest BCUT2D eigenvalue weighted by molar-refractivity contribution is 5.67. The molecule has 0 spiro atoms. The third-order valence-electron chi connectivity index (χ3n) is 2.93. The second-order valence-corrected chi connectivity index (χ2v) is 4.54. The summed E-state index contributed by atoms with van der Waals surface area (Å²) in [5, 5.41) is 8.58. The van der Waals surface area contributed by atoms with Gasteiger partial charge in [-0.2, -0.15) is 0 Å². The summed E-state index contributed by atoms with van der Waals surface area (Å²) in [7, 11) is 0. The smallest absolute Gasteiger partial charge is 0.303 e. The molecule has 0 bridgehead atoms. The summed E-state index contributed by atoms with van der Waals surface area (Å²) in [5.74, 6) is -0.797. The van der Waals surface area contributed by atoms with E-state index in [0.29, 0.717) is 25.7 Å². The predicted molar refractivity (Wildman–Crippen MR) is 59.2 cm³/mol. The molecular weight excluding hydrogens is 207 g/mol. The Bertz CT molecular complexity index is 397. The van der Waals surface area contributed by atoms with Crippen LogP contribution in [0.25, 0.3) is 0 Å². The van der Waals surface area contributed by atoms with Crippen molar-refractivity contribution >= 4 is 5.97 Å². The van der Waals surface area contributed by atoms with Crippen LogP contribution in [0.1, 0.15) is 30.4 Å². The van der Waals surface area contributed by atoms with Crippen molar-refractivity contribution in [1.29, 1.82) is 0 Å². The van der Waals surface area contributed by atoms with Gasteiger partial charge in [-0.1, -0.05) is 24.3 Å². The number of benzene rings is 1. The highest BCUT2D eigenvalue weighted by Crippen LogP contribution is 2.42. The van der Waals surface area contributed by atoms with Crippen molar-refractivity contribution < 1.29 is 14.3 Å². The second-order valence-electron chi connectivity index (χ2n) is 4.54. The molecule has 0 saturated heterocycles. The molecule has 1 aliphatic rings. The first-order chi connectivity index (χ1) is 7.57. The number of rotatable bonds is 5. The molecule has 1 N–H and O–H groups in total. The summed E-state index contributed by atoms with van der Waals surface area (Å²) in [4.78, 5) is 10.4. The van der Waals surface area contributed by atoms with E-state index in [1.165, 1.54) is 0 Å². The van der Waals surface area contributed by atoms with Gasteiger partial charge >= 0.3 is 5.97 Å². The molecule has 0 aromatic heterocycles. The Balaban J connectivity index is 1.98. The van der Waals surface area contributed by atoms with Crippen LogP contribution in [0.2, 0.25) is 0 Å². The van der Waals surface area contributed by atoms with Gasteiger partial charge in [-0.05, 0) is 30.4 Å². The Hall–Kier alpha value is -1.38. The molecule has 1 fully saturated rings. The fourth-order valence-electron chi connectivity index (χ4n) is 1.82. The Morgan fingerprint density at radius 2 is 2.06 bits per heavy atom. The summed E-state index contributed by atoms with van der Waals surface area (Å²) >= 11 is 0. The van der Waals surface area contributed by atoms with Crippen LogP contribution in [0.4, 0.5) is 4.39 Å². The second kappa shape index (κ2) is 4.24.